The van der Waals surface area contributed by atoms with Gasteiger partial charge >= 0.3 is 0 Å². The maximum Gasteiger partial charge on any atom is 0.122 e. The normalized spacial score (nSPS) is 9.89. The molecule has 19 heavy (non-hydrogen) atoms. The van der Waals surface area contributed by atoms with Gasteiger partial charge in [-0.1, -0.05) is 72.9 Å². The van der Waals surface area contributed by atoms with Gasteiger partial charge in [0.05, 0.1) is 0 Å². The van der Waals surface area contributed by atoms with Crippen LogP contribution >= 0.6 is 0 Å². The largest absolute Gasteiger partial charge is 0.462 e. The summed E-state index contributed by atoms with van der Waals surface area (Å²) in [6.07, 6.45) is 10.8. The Morgan fingerprint density at radius 1 is 0.895 bits per heavy atom. The Hall–Kier alpha value is -1.50. The summed E-state index contributed by atoms with van der Waals surface area (Å²) in [5.74, 6) is 1.62. The van der Waals surface area contributed by atoms with Gasteiger partial charge in [0, 0.05) is 0 Å². The van der Waals surface area contributed by atoms with E-state index in [1.165, 1.54) is 0 Å². The van der Waals surface area contributed by atoms with Crippen molar-refractivity contribution in [2.75, 3.05) is 0 Å². The lowest BCUT2D eigenvalue weighted by atomic mass is 10.4. The molecule has 0 atom stereocenters. The van der Waals surface area contributed by atoms with E-state index in [1.807, 2.05) is 79.7 Å². The fraction of sp³-hybridized carbons (Fsp3) is 0.444. The zero-order valence-corrected chi connectivity index (χ0v) is 14.3. The van der Waals surface area contributed by atoms with E-state index in [-0.39, 0.29) is 0 Å². The molecule has 0 aliphatic carbocycles. The molecule has 0 heterocycles. The second-order valence-corrected chi connectivity index (χ2v) is 2.40. The van der Waals surface area contributed by atoms with Gasteiger partial charge in [-0.25, -0.2) is 0 Å². The van der Waals surface area contributed by atoms with Crippen LogP contribution in [-0.2, 0) is 4.74 Å². The summed E-state index contributed by atoms with van der Waals surface area (Å²) in [6, 6.07) is 0. The van der Waals surface area contributed by atoms with Crippen LogP contribution in [0, 0.1) is 0 Å². The van der Waals surface area contributed by atoms with Crippen LogP contribution in [0.2, 0.25) is 0 Å². The van der Waals surface area contributed by atoms with E-state index in [2.05, 4.69) is 13.2 Å². The van der Waals surface area contributed by atoms with Crippen molar-refractivity contribution < 1.29 is 4.74 Å². The molecule has 0 amide bonds. The van der Waals surface area contributed by atoms with Crippen molar-refractivity contribution in [3.05, 3.63) is 61.1 Å². The van der Waals surface area contributed by atoms with Crippen LogP contribution in [0.5, 0.6) is 0 Å². The summed E-state index contributed by atoms with van der Waals surface area (Å²) in [5, 5.41) is 0. The van der Waals surface area contributed by atoms with E-state index in [0.29, 0.717) is 0 Å². The molecule has 112 valence electrons. The molecule has 0 rings (SSSR count). The van der Waals surface area contributed by atoms with E-state index in [1.54, 1.807) is 12.2 Å². The predicted octanol–water partition coefficient (Wildman–Crippen LogP) is 6.82. The molecule has 0 saturated carbocycles. The lowest BCUT2D eigenvalue weighted by Gasteiger charge is -2.04. The monoisotopic (exact) mass is 266 g/mol. The molecular weight excluding hydrogens is 232 g/mol. The van der Waals surface area contributed by atoms with Gasteiger partial charge in [0.15, 0.2) is 0 Å². The minimum atomic E-state index is 0.801. The molecule has 0 bridgehead atoms. The predicted molar refractivity (Wildman–Crippen MR) is 92.2 cm³/mol. The molecule has 0 aromatic heterocycles. The zero-order valence-electron chi connectivity index (χ0n) is 14.3. The summed E-state index contributed by atoms with van der Waals surface area (Å²) in [4.78, 5) is 0. The van der Waals surface area contributed by atoms with Crippen molar-refractivity contribution in [1.82, 2.24) is 0 Å². The average Bonchev–Trinajstić information content (AvgIpc) is 2.50. The summed E-state index contributed by atoms with van der Waals surface area (Å²) in [5.41, 5.74) is 0. The zero-order chi connectivity index (χ0) is 16.1. The Morgan fingerprint density at radius 3 is 1.68 bits per heavy atom. The molecule has 0 saturated heterocycles. The van der Waals surface area contributed by atoms with Crippen molar-refractivity contribution in [2.24, 2.45) is 0 Å². The Kier molecular flexibility index (Phi) is 41.2. The van der Waals surface area contributed by atoms with Gasteiger partial charge in [-0.15, -0.1) is 0 Å². The van der Waals surface area contributed by atoms with Crippen LogP contribution in [0.15, 0.2) is 61.1 Å². The van der Waals surface area contributed by atoms with Crippen molar-refractivity contribution in [2.45, 2.75) is 55.4 Å². The maximum atomic E-state index is 5.46. The van der Waals surface area contributed by atoms with Crippen molar-refractivity contribution in [3.8, 4) is 0 Å². The van der Waals surface area contributed by atoms with E-state index < -0.39 is 0 Å². The number of allylic oxidation sites excluding steroid dienone is 7. The quantitative estimate of drug-likeness (QED) is 0.392. The minimum absolute atomic E-state index is 0.801. The van der Waals surface area contributed by atoms with Crippen LogP contribution in [0.3, 0.4) is 0 Å². The minimum Gasteiger partial charge on any atom is -0.462 e. The Balaban J connectivity index is -0.000000163. The van der Waals surface area contributed by atoms with Gasteiger partial charge in [-0.2, -0.15) is 0 Å². The Bertz CT molecular complexity index is 255. The van der Waals surface area contributed by atoms with Gasteiger partial charge in [-0.05, 0) is 32.1 Å². The topological polar surface area (TPSA) is 9.23 Å². The molecule has 0 aromatic carbocycles. The number of ether oxygens (including phenoxy) is 1. The summed E-state index contributed by atoms with van der Waals surface area (Å²) in [7, 11) is 0. The average molecular weight is 266 g/mol. The van der Waals surface area contributed by atoms with Gasteiger partial charge in [0.25, 0.3) is 0 Å². The third-order valence-corrected chi connectivity index (χ3v) is 1.31. The van der Waals surface area contributed by atoms with Crippen LogP contribution in [0.1, 0.15) is 55.4 Å². The molecule has 1 nitrogen and oxygen atoms in total. The Morgan fingerprint density at radius 2 is 1.37 bits per heavy atom. The van der Waals surface area contributed by atoms with Crippen molar-refractivity contribution in [3.63, 3.8) is 0 Å². The van der Waals surface area contributed by atoms with Gasteiger partial charge < -0.3 is 4.74 Å². The standard InChI is InChI=1S/C12H16O.3C2H6/c1-5-8-10-12(7-3)13-11(4)9-6-2;3*1-2/h5-10H,1-2H2,3-4H3;3*1-2H3/b10-8-,11-9+,12-7+;;;. The summed E-state index contributed by atoms with van der Waals surface area (Å²) in [6.45, 7) is 23.0. The molecule has 0 fully saturated rings. The number of hydrogen-bond donors (Lipinski definition) is 0. The number of hydrogen-bond acceptors (Lipinski definition) is 1. The van der Waals surface area contributed by atoms with Crippen LogP contribution in [-0.4, -0.2) is 0 Å². The van der Waals surface area contributed by atoms with Crippen molar-refractivity contribution in [1.29, 1.82) is 0 Å². The first-order chi connectivity index (χ1) is 9.24. The van der Waals surface area contributed by atoms with E-state index >= 15 is 0 Å². The second kappa shape index (κ2) is 30.0. The highest BCUT2D eigenvalue weighted by molar-refractivity contribution is 5.18. The van der Waals surface area contributed by atoms with Gasteiger partial charge in [-0.3, -0.25) is 0 Å². The van der Waals surface area contributed by atoms with E-state index in [9.17, 15) is 0 Å². The third kappa shape index (κ3) is 26.2. The van der Waals surface area contributed by atoms with Gasteiger partial charge in [0.2, 0.25) is 0 Å². The molecule has 0 unspecified atom stereocenters. The second-order valence-electron chi connectivity index (χ2n) is 2.40. The molecule has 0 radical (unpaired) electrons. The SMILES string of the molecule is C=C/C=C\C(=C/C)O/C(C)=C/C=C.CC.CC.CC. The fourth-order valence-electron chi connectivity index (χ4n) is 0.738. The lowest BCUT2D eigenvalue weighted by Crippen LogP contribution is -1.85. The van der Waals surface area contributed by atoms with E-state index in [0.717, 1.165) is 11.5 Å². The molecular formula is C18H34O. The molecule has 1 heteroatoms. The fourth-order valence-corrected chi connectivity index (χ4v) is 0.738. The molecule has 0 aliphatic rings. The first-order valence-corrected chi connectivity index (χ1v) is 7.17. The van der Waals surface area contributed by atoms with Crippen molar-refractivity contribution >= 4 is 0 Å². The highest BCUT2D eigenvalue weighted by Gasteiger charge is 1.91. The van der Waals surface area contributed by atoms with E-state index in [4.69, 9.17) is 4.74 Å². The highest BCUT2D eigenvalue weighted by Crippen LogP contribution is 2.07. The first kappa shape index (κ1) is 26.1. The lowest BCUT2D eigenvalue weighted by molar-refractivity contribution is 0.322. The molecule has 0 aliphatic heterocycles. The first-order valence-electron chi connectivity index (χ1n) is 7.17. The molecule has 0 aromatic rings. The van der Waals surface area contributed by atoms with Crippen LogP contribution < -0.4 is 0 Å². The Labute approximate surface area is 122 Å². The van der Waals surface area contributed by atoms with Crippen LogP contribution in [0.4, 0.5) is 0 Å². The van der Waals surface area contributed by atoms with Gasteiger partial charge in [0.1, 0.15) is 11.5 Å². The number of rotatable bonds is 5. The maximum absolute atomic E-state index is 5.46. The highest BCUT2D eigenvalue weighted by atomic mass is 16.5. The summed E-state index contributed by atoms with van der Waals surface area (Å²) < 4.78 is 5.46. The van der Waals surface area contributed by atoms with Crippen LogP contribution in [0.25, 0.3) is 0 Å². The summed E-state index contributed by atoms with van der Waals surface area (Å²) >= 11 is 0. The molecule has 0 spiro atoms. The smallest absolute Gasteiger partial charge is 0.122 e. The molecule has 0 N–H and O–H groups in total. The third-order valence-electron chi connectivity index (χ3n) is 1.31.